The molecule has 1 N–H and O–H groups in total. The van der Waals surface area contributed by atoms with E-state index in [4.69, 9.17) is 0 Å². The molecule has 1 saturated carbocycles. The van der Waals surface area contributed by atoms with Crippen LogP contribution in [0, 0.1) is 13.8 Å². The van der Waals surface area contributed by atoms with Gasteiger partial charge in [-0.15, -0.1) is 0 Å². The third-order valence-corrected chi connectivity index (χ3v) is 5.12. The Labute approximate surface area is 122 Å². The van der Waals surface area contributed by atoms with Crippen molar-refractivity contribution >= 4 is 5.69 Å². The smallest absolute Gasteiger partial charge is 0.0555 e. The predicted octanol–water partition coefficient (Wildman–Crippen LogP) is 2.34. The lowest BCUT2D eigenvalue weighted by molar-refractivity contribution is 0.146. The van der Waals surface area contributed by atoms with Crippen molar-refractivity contribution in [3.05, 3.63) is 29.3 Å². The van der Waals surface area contributed by atoms with Crippen LogP contribution in [-0.2, 0) is 0 Å². The molecule has 1 heterocycles. The molecule has 110 valence electrons. The molecule has 1 saturated heterocycles. The monoisotopic (exact) mass is 274 g/mol. The fourth-order valence-corrected chi connectivity index (χ4v) is 3.67. The van der Waals surface area contributed by atoms with Crippen LogP contribution in [0.25, 0.3) is 0 Å². The number of anilines is 1. The molecule has 0 bridgehead atoms. The first-order chi connectivity index (χ1) is 9.65. The van der Waals surface area contributed by atoms with Crippen molar-refractivity contribution in [1.82, 2.24) is 4.90 Å². The molecule has 2 atom stereocenters. The Hall–Kier alpha value is -1.06. The molecular weight excluding hydrogens is 248 g/mol. The number of aliphatic hydroxyl groups excluding tert-OH is 1. The average Bonchev–Trinajstić information content (AvgIpc) is 2.89. The van der Waals surface area contributed by atoms with Gasteiger partial charge in [0.25, 0.3) is 0 Å². The Balaban J connectivity index is 1.62. The summed E-state index contributed by atoms with van der Waals surface area (Å²) in [5.74, 6) is 0. The Kier molecular flexibility index (Phi) is 3.99. The predicted molar refractivity (Wildman–Crippen MR) is 83.3 cm³/mol. The van der Waals surface area contributed by atoms with Crippen molar-refractivity contribution in [2.75, 3.05) is 31.1 Å². The Bertz CT molecular complexity index is 466. The van der Waals surface area contributed by atoms with E-state index >= 15 is 0 Å². The number of benzene rings is 1. The van der Waals surface area contributed by atoms with Gasteiger partial charge in [-0.3, -0.25) is 4.90 Å². The van der Waals surface area contributed by atoms with Crippen LogP contribution in [0.15, 0.2) is 18.2 Å². The van der Waals surface area contributed by atoms with Crippen LogP contribution in [0.4, 0.5) is 5.69 Å². The van der Waals surface area contributed by atoms with Crippen molar-refractivity contribution in [2.24, 2.45) is 0 Å². The lowest BCUT2D eigenvalue weighted by Gasteiger charge is -2.39. The van der Waals surface area contributed by atoms with Gasteiger partial charge in [0.1, 0.15) is 0 Å². The third kappa shape index (κ3) is 2.70. The zero-order valence-electron chi connectivity index (χ0n) is 12.7. The van der Waals surface area contributed by atoms with Gasteiger partial charge in [0, 0.05) is 37.9 Å². The summed E-state index contributed by atoms with van der Waals surface area (Å²) in [5, 5.41) is 9.69. The third-order valence-electron chi connectivity index (χ3n) is 5.12. The molecule has 2 aliphatic rings. The summed E-state index contributed by atoms with van der Waals surface area (Å²) >= 11 is 0. The second kappa shape index (κ2) is 5.74. The van der Waals surface area contributed by atoms with Crippen LogP contribution in [0.1, 0.15) is 30.4 Å². The fraction of sp³-hybridized carbons (Fsp3) is 0.647. The number of aliphatic hydroxyl groups is 1. The van der Waals surface area contributed by atoms with Crippen molar-refractivity contribution in [1.29, 1.82) is 0 Å². The van der Waals surface area contributed by atoms with Gasteiger partial charge in [0.05, 0.1) is 6.10 Å². The van der Waals surface area contributed by atoms with Gasteiger partial charge in [0.2, 0.25) is 0 Å². The minimum Gasteiger partial charge on any atom is -0.393 e. The molecule has 3 heteroatoms. The molecule has 20 heavy (non-hydrogen) atoms. The van der Waals surface area contributed by atoms with Gasteiger partial charge in [-0.1, -0.05) is 12.1 Å². The molecule has 3 nitrogen and oxygen atoms in total. The largest absolute Gasteiger partial charge is 0.393 e. The number of hydrogen-bond donors (Lipinski definition) is 1. The van der Waals surface area contributed by atoms with Crippen LogP contribution in [0.3, 0.4) is 0 Å². The van der Waals surface area contributed by atoms with Gasteiger partial charge >= 0.3 is 0 Å². The van der Waals surface area contributed by atoms with Crippen LogP contribution < -0.4 is 4.90 Å². The maximum atomic E-state index is 9.69. The Morgan fingerprint density at radius 2 is 1.80 bits per heavy atom. The number of piperazine rings is 1. The van der Waals surface area contributed by atoms with E-state index in [1.54, 1.807) is 0 Å². The normalized spacial score (nSPS) is 28.1. The summed E-state index contributed by atoms with van der Waals surface area (Å²) in [7, 11) is 0. The van der Waals surface area contributed by atoms with Crippen molar-refractivity contribution in [2.45, 2.75) is 45.3 Å². The molecule has 1 aromatic rings. The molecule has 1 aliphatic carbocycles. The van der Waals surface area contributed by atoms with Crippen molar-refractivity contribution in [3.8, 4) is 0 Å². The minimum absolute atomic E-state index is 0.0583. The van der Waals surface area contributed by atoms with E-state index in [2.05, 4.69) is 41.8 Å². The Morgan fingerprint density at radius 1 is 1.05 bits per heavy atom. The summed E-state index contributed by atoms with van der Waals surface area (Å²) in [6.07, 6.45) is 3.08. The highest BCUT2D eigenvalue weighted by Crippen LogP contribution is 2.28. The van der Waals surface area contributed by atoms with Crippen molar-refractivity contribution < 1.29 is 5.11 Å². The second-order valence-electron chi connectivity index (χ2n) is 6.36. The Morgan fingerprint density at radius 3 is 2.45 bits per heavy atom. The molecule has 2 unspecified atom stereocenters. The zero-order chi connectivity index (χ0) is 14.1. The first kappa shape index (κ1) is 13.9. The van der Waals surface area contributed by atoms with E-state index in [0.29, 0.717) is 6.04 Å². The first-order valence-corrected chi connectivity index (χ1v) is 7.88. The van der Waals surface area contributed by atoms with Gasteiger partial charge in [-0.2, -0.15) is 0 Å². The quantitative estimate of drug-likeness (QED) is 0.897. The SMILES string of the molecule is Cc1cccc(N2CCN(C3CCC(O)C3)CC2)c1C. The van der Waals surface area contributed by atoms with Crippen molar-refractivity contribution in [3.63, 3.8) is 0 Å². The van der Waals surface area contributed by atoms with E-state index in [1.807, 2.05) is 0 Å². The van der Waals surface area contributed by atoms with E-state index in [9.17, 15) is 5.11 Å². The van der Waals surface area contributed by atoms with Gasteiger partial charge in [-0.25, -0.2) is 0 Å². The lowest BCUT2D eigenvalue weighted by atomic mass is 10.1. The highest BCUT2D eigenvalue weighted by Gasteiger charge is 2.30. The summed E-state index contributed by atoms with van der Waals surface area (Å²) in [4.78, 5) is 5.10. The molecule has 3 rings (SSSR count). The lowest BCUT2D eigenvalue weighted by Crippen LogP contribution is -2.50. The first-order valence-electron chi connectivity index (χ1n) is 7.88. The van der Waals surface area contributed by atoms with E-state index in [0.717, 1.165) is 39.0 Å². The van der Waals surface area contributed by atoms with Crippen LogP contribution in [0.5, 0.6) is 0 Å². The summed E-state index contributed by atoms with van der Waals surface area (Å²) in [6, 6.07) is 7.22. The highest BCUT2D eigenvalue weighted by molar-refractivity contribution is 5.56. The summed E-state index contributed by atoms with van der Waals surface area (Å²) in [5.41, 5.74) is 4.19. The molecule has 0 spiro atoms. The molecule has 1 aromatic carbocycles. The molecule has 0 amide bonds. The van der Waals surface area contributed by atoms with E-state index < -0.39 is 0 Å². The van der Waals surface area contributed by atoms with Gasteiger partial charge in [0.15, 0.2) is 0 Å². The standard InChI is InChI=1S/C17H26N2O/c1-13-4-3-5-17(14(13)2)19-10-8-18(9-11-19)15-6-7-16(20)12-15/h3-5,15-16,20H,6-12H2,1-2H3. The molecule has 1 aliphatic heterocycles. The van der Waals surface area contributed by atoms with Gasteiger partial charge in [-0.05, 0) is 50.3 Å². The maximum absolute atomic E-state index is 9.69. The second-order valence-corrected chi connectivity index (χ2v) is 6.36. The summed E-state index contributed by atoms with van der Waals surface area (Å²) < 4.78 is 0. The minimum atomic E-state index is -0.0583. The van der Waals surface area contributed by atoms with Crippen LogP contribution >= 0.6 is 0 Å². The summed E-state index contributed by atoms with van der Waals surface area (Å²) in [6.45, 7) is 8.89. The topological polar surface area (TPSA) is 26.7 Å². The van der Waals surface area contributed by atoms with E-state index in [1.165, 1.54) is 23.2 Å². The highest BCUT2D eigenvalue weighted by atomic mass is 16.3. The fourth-order valence-electron chi connectivity index (χ4n) is 3.67. The van der Waals surface area contributed by atoms with E-state index in [-0.39, 0.29) is 6.10 Å². The number of rotatable bonds is 2. The maximum Gasteiger partial charge on any atom is 0.0555 e. The molecule has 0 radical (unpaired) electrons. The van der Waals surface area contributed by atoms with Crippen LogP contribution in [0.2, 0.25) is 0 Å². The number of nitrogens with zero attached hydrogens (tertiary/aromatic N) is 2. The average molecular weight is 274 g/mol. The molecule has 0 aromatic heterocycles. The number of hydrogen-bond acceptors (Lipinski definition) is 3. The van der Waals surface area contributed by atoms with Crippen LogP contribution in [-0.4, -0.2) is 48.3 Å². The zero-order valence-corrected chi connectivity index (χ0v) is 12.7. The molecular formula is C17H26N2O. The molecule has 2 fully saturated rings. The van der Waals surface area contributed by atoms with Gasteiger partial charge < -0.3 is 10.0 Å². The number of aryl methyl sites for hydroxylation is 1.